The van der Waals surface area contributed by atoms with Crippen LogP contribution >= 0.6 is 0 Å². The van der Waals surface area contributed by atoms with Gasteiger partial charge in [0.2, 0.25) is 0 Å². The van der Waals surface area contributed by atoms with Crippen molar-refractivity contribution in [3.8, 4) is 0 Å². The molecule has 3 rings (SSSR count). The van der Waals surface area contributed by atoms with Crippen LogP contribution in [0, 0.1) is 0 Å². The highest BCUT2D eigenvalue weighted by Crippen LogP contribution is 2.35. The number of rotatable bonds is 3. The van der Waals surface area contributed by atoms with E-state index in [1.165, 1.54) is 24.8 Å². The second-order valence-electron chi connectivity index (χ2n) is 4.49. The average Bonchev–Trinajstić information content (AvgIpc) is 2.60. The van der Waals surface area contributed by atoms with Crippen molar-refractivity contribution in [2.45, 2.75) is 31.6 Å². The van der Waals surface area contributed by atoms with Crippen LogP contribution in [0.5, 0.6) is 0 Å². The fraction of sp³-hybridized carbons (Fsp3) is 0.500. The van der Waals surface area contributed by atoms with E-state index in [1.807, 2.05) is 0 Å². The quantitative estimate of drug-likeness (QED) is 0.845. The number of nitrogens with two attached hydrogens (primary N) is 1. The lowest BCUT2D eigenvalue weighted by Crippen LogP contribution is -2.12. The molecule has 2 aromatic heterocycles. The number of nitrogens with zero attached hydrogens (tertiary/aromatic N) is 3. The van der Waals surface area contributed by atoms with Gasteiger partial charge in [-0.05, 0) is 43.5 Å². The summed E-state index contributed by atoms with van der Waals surface area (Å²) in [5, 5.41) is 8.54. The van der Waals surface area contributed by atoms with E-state index in [1.54, 1.807) is 0 Å². The minimum atomic E-state index is 0.621. The number of hydrogen-bond acceptors (Lipinski definition) is 3. The van der Waals surface area contributed by atoms with Gasteiger partial charge in [0.1, 0.15) is 5.82 Å². The minimum absolute atomic E-state index is 0.621. The van der Waals surface area contributed by atoms with Crippen LogP contribution in [-0.2, 0) is 6.42 Å². The topological polar surface area (TPSA) is 56.2 Å². The highest BCUT2D eigenvalue weighted by atomic mass is 15.2. The van der Waals surface area contributed by atoms with Gasteiger partial charge in [-0.3, -0.25) is 4.40 Å². The standard InChI is InChI=1S/C12H16N4/c13-6-4-9-5-7-16-11(8-9)14-15-12(16)10-2-1-3-10/h5,7-8,10H,1-4,6,13H2. The molecule has 84 valence electrons. The molecule has 1 aliphatic carbocycles. The second kappa shape index (κ2) is 3.87. The summed E-state index contributed by atoms with van der Waals surface area (Å²) in [6, 6.07) is 4.20. The number of fused-ring (bicyclic) bond motifs is 1. The van der Waals surface area contributed by atoms with E-state index in [9.17, 15) is 0 Å². The molecule has 0 atom stereocenters. The summed E-state index contributed by atoms with van der Waals surface area (Å²) in [4.78, 5) is 0. The molecular formula is C12H16N4. The summed E-state index contributed by atoms with van der Waals surface area (Å²) < 4.78 is 2.11. The summed E-state index contributed by atoms with van der Waals surface area (Å²) >= 11 is 0. The van der Waals surface area contributed by atoms with Crippen molar-refractivity contribution >= 4 is 5.65 Å². The molecule has 0 spiro atoms. The van der Waals surface area contributed by atoms with Crippen LogP contribution in [0.1, 0.15) is 36.6 Å². The Bertz CT molecular complexity index is 499. The van der Waals surface area contributed by atoms with E-state index in [4.69, 9.17) is 5.73 Å². The molecule has 1 fully saturated rings. The van der Waals surface area contributed by atoms with Crippen LogP contribution in [-0.4, -0.2) is 21.1 Å². The lowest BCUT2D eigenvalue weighted by molar-refractivity contribution is 0.399. The first kappa shape index (κ1) is 9.78. The van der Waals surface area contributed by atoms with Crippen LogP contribution in [0.3, 0.4) is 0 Å². The maximum atomic E-state index is 5.55. The molecule has 0 unspecified atom stereocenters. The Balaban J connectivity index is 2.00. The summed E-state index contributed by atoms with van der Waals surface area (Å²) in [5.74, 6) is 1.75. The van der Waals surface area contributed by atoms with Crippen molar-refractivity contribution in [2.75, 3.05) is 6.54 Å². The third-order valence-electron chi connectivity index (χ3n) is 3.40. The van der Waals surface area contributed by atoms with Crippen molar-refractivity contribution in [3.05, 3.63) is 29.7 Å². The zero-order chi connectivity index (χ0) is 11.0. The molecule has 4 nitrogen and oxygen atoms in total. The molecule has 2 N–H and O–H groups in total. The predicted molar refractivity (Wildman–Crippen MR) is 62.3 cm³/mol. The minimum Gasteiger partial charge on any atom is -0.330 e. The fourth-order valence-electron chi connectivity index (χ4n) is 2.22. The van der Waals surface area contributed by atoms with Gasteiger partial charge in [-0.1, -0.05) is 6.42 Å². The molecule has 1 saturated carbocycles. The van der Waals surface area contributed by atoms with Gasteiger partial charge in [-0.15, -0.1) is 10.2 Å². The summed E-state index contributed by atoms with van der Waals surface area (Å²) in [5.41, 5.74) is 7.74. The molecule has 2 heterocycles. The van der Waals surface area contributed by atoms with E-state index in [2.05, 4.69) is 32.9 Å². The molecule has 1 aliphatic rings. The van der Waals surface area contributed by atoms with Gasteiger partial charge in [-0.2, -0.15) is 0 Å². The van der Waals surface area contributed by atoms with Crippen molar-refractivity contribution < 1.29 is 0 Å². The van der Waals surface area contributed by atoms with Gasteiger partial charge in [0.25, 0.3) is 0 Å². The van der Waals surface area contributed by atoms with Crippen molar-refractivity contribution in [3.63, 3.8) is 0 Å². The molecule has 0 bridgehead atoms. The maximum Gasteiger partial charge on any atom is 0.161 e. The predicted octanol–water partition coefficient (Wildman–Crippen LogP) is 1.50. The Kier molecular flexibility index (Phi) is 2.36. The third-order valence-corrected chi connectivity index (χ3v) is 3.40. The first-order valence-corrected chi connectivity index (χ1v) is 5.92. The Morgan fingerprint density at radius 2 is 2.25 bits per heavy atom. The number of aromatic nitrogens is 3. The van der Waals surface area contributed by atoms with E-state index < -0.39 is 0 Å². The first-order chi connectivity index (χ1) is 7.88. The van der Waals surface area contributed by atoms with Crippen molar-refractivity contribution in [1.29, 1.82) is 0 Å². The van der Waals surface area contributed by atoms with Gasteiger partial charge in [-0.25, -0.2) is 0 Å². The Labute approximate surface area is 94.5 Å². The molecular weight excluding hydrogens is 200 g/mol. The van der Waals surface area contributed by atoms with E-state index in [0.29, 0.717) is 12.5 Å². The lowest BCUT2D eigenvalue weighted by Gasteiger charge is -2.23. The zero-order valence-corrected chi connectivity index (χ0v) is 9.26. The molecule has 4 heteroatoms. The Morgan fingerprint density at radius 1 is 1.38 bits per heavy atom. The summed E-state index contributed by atoms with van der Waals surface area (Å²) in [6.07, 6.45) is 6.82. The van der Waals surface area contributed by atoms with Gasteiger partial charge < -0.3 is 5.73 Å². The van der Waals surface area contributed by atoms with Crippen LogP contribution in [0.15, 0.2) is 18.3 Å². The molecule has 0 aromatic carbocycles. The Hall–Kier alpha value is -1.42. The SMILES string of the molecule is NCCc1ccn2c(C3CCC3)nnc2c1. The van der Waals surface area contributed by atoms with Gasteiger partial charge in [0.05, 0.1) is 0 Å². The second-order valence-corrected chi connectivity index (χ2v) is 4.49. The molecule has 0 saturated heterocycles. The molecule has 0 amide bonds. The maximum absolute atomic E-state index is 5.55. The Morgan fingerprint density at radius 3 is 2.94 bits per heavy atom. The molecule has 16 heavy (non-hydrogen) atoms. The summed E-state index contributed by atoms with van der Waals surface area (Å²) in [7, 11) is 0. The van der Waals surface area contributed by atoms with Crippen molar-refractivity contribution in [2.24, 2.45) is 5.73 Å². The monoisotopic (exact) mass is 216 g/mol. The van der Waals surface area contributed by atoms with Crippen LogP contribution in [0.2, 0.25) is 0 Å². The van der Waals surface area contributed by atoms with E-state index >= 15 is 0 Å². The van der Waals surface area contributed by atoms with E-state index in [-0.39, 0.29) is 0 Å². The lowest BCUT2D eigenvalue weighted by atomic mass is 9.85. The van der Waals surface area contributed by atoms with Crippen LogP contribution in [0.4, 0.5) is 0 Å². The third kappa shape index (κ3) is 1.50. The van der Waals surface area contributed by atoms with Crippen LogP contribution in [0.25, 0.3) is 5.65 Å². The normalized spacial score (nSPS) is 16.6. The molecule has 2 aromatic rings. The summed E-state index contributed by atoms with van der Waals surface area (Å²) in [6.45, 7) is 0.680. The smallest absolute Gasteiger partial charge is 0.161 e. The highest BCUT2D eigenvalue weighted by Gasteiger charge is 2.24. The average molecular weight is 216 g/mol. The fourth-order valence-corrected chi connectivity index (χ4v) is 2.22. The van der Waals surface area contributed by atoms with Gasteiger partial charge >= 0.3 is 0 Å². The largest absolute Gasteiger partial charge is 0.330 e. The van der Waals surface area contributed by atoms with E-state index in [0.717, 1.165) is 17.9 Å². The highest BCUT2D eigenvalue weighted by molar-refractivity contribution is 5.41. The van der Waals surface area contributed by atoms with Gasteiger partial charge in [0.15, 0.2) is 5.65 Å². The first-order valence-electron chi connectivity index (χ1n) is 5.92. The van der Waals surface area contributed by atoms with Gasteiger partial charge in [0, 0.05) is 12.1 Å². The molecule has 0 aliphatic heterocycles. The van der Waals surface area contributed by atoms with Crippen molar-refractivity contribution in [1.82, 2.24) is 14.6 Å². The number of pyridine rings is 1. The molecule has 0 radical (unpaired) electrons. The van der Waals surface area contributed by atoms with Crippen LogP contribution < -0.4 is 5.73 Å². The number of hydrogen-bond donors (Lipinski definition) is 1. The zero-order valence-electron chi connectivity index (χ0n) is 9.26.